The standard InChI is InChI=1S/C37H38N2O7/c1-43-36(41)31(38-35(40)32-18-11-21-39(32)37(42)46-26-29-16-9-4-10-17-29)22-30-19-20-33(44-24-27-12-5-2-6-13-27)34(23-30)45-25-28-14-7-3-8-15-28/h2-10,12-17,19-20,23,31-32H,11,18,21-22,24-26H2,1H3,(H,38,40)/t31-,32-/m1/s1. The van der Waals surface area contributed by atoms with Gasteiger partial charge in [-0.05, 0) is 47.2 Å². The van der Waals surface area contributed by atoms with Gasteiger partial charge in [-0.1, -0.05) is 97.1 Å². The number of methoxy groups -OCH3 is 1. The van der Waals surface area contributed by atoms with Gasteiger partial charge in [-0.25, -0.2) is 9.59 Å². The van der Waals surface area contributed by atoms with Crippen LogP contribution in [0.2, 0.25) is 0 Å². The van der Waals surface area contributed by atoms with Crippen molar-refractivity contribution in [3.63, 3.8) is 0 Å². The number of rotatable bonds is 13. The van der Waals surface area contributed by atoms with E-state index in [1.807, 2.05) is 103 Å². The minimum atomic E-state index is -0.988. The van der Waals surface area contributed by atoms with Crippen LogP contribution in [-0.4, -0.2) is 48.6 Å². The third-order valence-corrected chi connectivity index (χ3v) is 7.72. The number of hydrogen-bond donors (Lipinski definition) is 1. The molecule has 0 aromatic heterocycles. The fourth-order valence-electron chi connectivity index (χ4n) is 5.28. The van der Waals surface area contributed by atoms with Gasteiger partial charge >= 0.3 is 12.1 Å². The monoisotopic (exact) mass is 622 g/mol. The number of carbonyl (C=O) groups is 3. The van der Waals surface area contributed by atoms with E-state index >= 15 is 0 Å². The van der Waals surface area contributed by atoms with Gasteiger partial charge in [0.15, 0.2) is 11.5 Å². The fourth-order valence-corrected chi connectivity index (χ4v) is 5.28. The SMILES string of the molecule is COC(=O)[C@@H](Cc1ccc(OCc2ccccc2)c(OCc2ccccc2)c1)NC(=O)[C@H]1CCCN1C(=O)OCc1ccccc1. The van der Waals surface area contributed by atoms with Crippen molar-refractivity contribution < 1.29 is 33.3 Å². The molecule has 0 aliphatic carbocycles. The van der Waals surface area contributed by atoms with Crippen LogP contribution in [0.15, 0.2) is 109 Å². The van der Waals surface area contributed by atoms with Crippen molar-refractivity contribution in [1.82, 2.24) is 10.2 Å². The molecular formula is C37H38N2O7. The topological polar surface area (TPSA) is 103 Å². The van der Waals surface area contributed by atoms with Crippen LogP contribution in [-0.2, 0) is 45.3 Å². The summed E-state index contributed by atoms with van der Waals surface area (Å²) in [4.78, 5) is 40.6. The minimum absolute atomic E-state index is 0.106. The van der Waals surface area contributed by atoms with Crippen LogP contribution >= 0.6 is 0 Å². The van der Waals surface area contributed by atoms with E-state index in [1.165, 1.54) is 12.0 Å². The summed E-state index contributed by atoms with van der Waals surface area (Å²) >= 11 is 0. The van der Waals surface area contributed by atoms with E-state index in [9.17, 15) is 14.4 Å². The first kappa shape index (κ1) is 32.1. The first-order valence-corrected chi connectivity index (χ1v) is 15.3. The highest BCUT2D eigenvalue weighted by atomic mass is 16.6. The Morgan fingerprint density at radius 3 is 1.89 bits per heavy atom. The van der Waals surface area contributed by atoms with E-state index in [0.717, 1.165) is 22.3 Å². The number of benzene rings is 4. The average molecular weight is 623 g/mol. The molecule has 4 aromatic carbocycles. The van der Waals surface area contributed by atoms with Gasteiger partial charge in [-0.2, -0.15) is 0 Å². The highest BCUT2D eigenvalue weighted by Crippen LogP contribution is 2.31. The molecule has 1 fully saturated rings. The molecule has 1 aliphatic heterocycles. The van der Waals surface area contributed by atoms with E-state index in [-0.39, 0.29) is 13.0 Å². The van der Waals surface area contributed by atoms with Crippen molar-refractivity contribution >= 4 is 18.0 Å². The Kier molecular flexibility index (Phi) is 11.3. The summed E-state index contributed by atoms with van der Waals surface area (Å²) in [6, 6.07) is 32.7. The van der Waals surface area contributed by atoms with Crippen molar-refractivity contribution in [2.45, 2.75) is 51.2 Å². The summed E-state index contributed by atoms with van der Waals surface area (Å²) in [6.45, 7) is 1.17. The molecule has 1 saturated heterocycles. The van der Waals surface area contributed by atoms with Gasteiger partial charge < -0.3 is 24.3 Å². The van der Waals surface area contributed by atoms with E-state index < -0.39 is 30.1 Å². The first-order chi connectivity index (χ1) is 22.5. The van der Waals surface area contributed by atoms with Crippen LogP contribution in [0.4, 0.5) is 4.79 Å². The quantitative estimate of drug-likeness (QED) is 0.187. The number of carbonyl (C=O) groups excluding carboxylic acids is 3. The largest absolute Gasteiger partial charge is 0.485 e. The maximum atomic E-state index is 13.4. The van der Waals surface area contributed by atoms with E-state index in [0.29, 0.717) is 44.1 Å². The molecule has 1 heterocycles. The molecule has 2 amide bonds. The second-order valence-electron chi connectivity index (χ2n) is 11.0. The third-order valence-electron chi connectivity index (χ3n) is 7.72. The lowest BCUT2D eigenvalue weighted by atomic mass is 10.0. The van der Waals surface area contributed by atoms with Crippen LogP contribution in [0.1, 0.15) is 35.1 Å². The van der Waals surface area contributed by atoms with Crippen LogP contribution < -0.4 is 14.8 Å². The zero-order valence-corrected chi connectivity index (χ0v) is 25.8. The highest BCUT2D eigenvalue weighted by Gasteiger charge is 2.37. The Balaban J connectivity index is 1.27. The average Bonchev–Trinajstić information content (AvgIpc) is 3.60. The first-order valence-electron chi connectivity index (χ1n) is 15.3. The molecule has 0 saturated carbocycles. The number of ether oxygens (including phenoxy) is 4. The second kappa shape index (κ2) is 16.1. The maximum absolute atomic E-state index is 13.4. The summed E-state index contributed by atoms with van der Waals surface area (Å²) in [5.74, 6) is 0.0294. The Morgan fingerprint density at radius 2 is 1.30 bits per heavy atom. The van der Waals surface area contributed by atoms with Crippen molar-refractivity contribution in [2.24, 2.45) is 0 Å². The molecule has 1 aliphatic rings. The molecule has 0 spiro atoms. The van der Waals surface area contributed by atoms with Crippen LogP contribution in [0.3, 0.4) is 0 Å². The molecule has 9 heteroatoms. The van der Waals surface area contributed by atoms with E-state index in [1.54, 1.807) is 6.07 Å². The molecule has 2 atom stereocenters. The molecule has 9 nitrogen and oxygen atoms in total. The second-order valence-corrected chi connectivity index (χ2v) is 11.0. The zero-order valence-electron chi connectivity index (χ0n) is 25.8. The lowest BCUT2D eigenvalue weighted by Crippen LogP contribution is -2.51. The van der Waals surface area contributed by atoms with Crippen molar-refractivity contribution in [3.8, 4) is 11.5 Å². The molecule has 0 radical (unpaired) electrons. The molecule has 0 unspecified atom stereocenters. The van der Waals surface area contributed by atoms with Crippen LogP contribution in [0.25, 0.3) is 0 Å². The van der Waals surface area contributed by atoms with Gasteiger partial charge in [0.25, 0.3) is 0 Å². The summed E-state index contributed by atoms with van der Waals surface area (Å²) < 4.78 is 22.8. The zero-order chi connectivity index (χ0) is 32.1. The lowest BCUT2D eigenvalue weighted by Gasteiger charge is -2.25. The Morgan fingerprint density at radius 1 is 0.739 bits per heavy atom. The predicted octanol–water partition coefficient (Wildman–Crippen LogP) is 5.85. The smallest absolute Gasteiger partial charge is 0.410 e. The number of esters is 1. The van der Waals surface area contributed by atoms with Crippen LogP contribution in [0, 0.1) is 0 Å². The van der Waals surface area contributed by atoms with Crippen LogP contribution in [0.5, 0.6) is 11.5 Å². The van der Waals surface area contributed by atoms with Gasteiger partial charge in [0.05, 0.1) is 7.11 Å². The summed E-state index contributed by atoms with van der Waals surface area (Å²) in [5.41, 5.74) is 3.59. The minimum Gasteiger partial charge on any atom is -0.485 e. The molecular weight excluding hydrogens is 584 g/mol. The van der Waals surface area contributed by atoms with Crippen molar-refractivity contribution in [1.29, 1.82) is 0 Å². The number of nitrogens with zero attached hydrogens (tertiary/aromatic N) is 1. The number of amides is 2. The van der Waals surface area contributed by atoms with Gasteiger partial charge in [0.2, 0.25) is 5.91 Å². The van der Waals surface area contributed by atoms with E-state index in [4.69, 9.17) is 18.9 Å². The highest BCUT2D eigenvalue weighted by molar-refractivity contribution is 5.90. The lowest BCUT2D eigenvalue weighted by molar-refractivity contribution is -0.145. The Bertz CT molecular complexity index is 1580. The van der Waals surface area contributed by atoms with E-state index in [2.05, 4.69) is 5.32 Å². The van der Waals surface area contributed by atoms with Gasteiger partial charge in [0, 0.05) is 13.0 Å². The molecule has 46 heavy (non-hydrogen) atoms. The molecule has 0 bridgehead atoms. The van der Waals surface area contributed by atoms with Gasteiger partial charge in [-0.3, -0.25) is 9.69 Å². The van der Waals surface area contributed by atoms with Gasteiger partial charge in [-0.15, -0.1) is 0 Å². The van der Waals surface area contributed by atoms with Crippen molar-refractivity contribution in [3.05, 3.63) is 131 Å². The summed E-state index contributed by atoms with van der Waals surface area (Å²) in [5, 5.41) is 2.82. The number of nitrogens with one attached hydrogen (secondary N) is 1. The Hall–Kier alpha value is -5.31. The molecule has 238 valence electrons. The molecule has 1 N–H and O–H groups in total. The Labute approximate surface area is 269 Å². The predicted molar refractivity (Wildman–Crippen MR) is 172 cm³/mol. The molecule has 4 aromatic rings. The molecule has 5 rings (SSSR count). The summed E-state index contributed by atoms with van der Waals surface area (Å²) in [6.07, 6.45) is 0.686. The summed E-state index contributed by atoms with van der Waals surface area (Å²) in [7, 11) is 1.28. The van der Waals surface area contributed by atoms with Crippen molar-refractivity contribution in [2.75, 3.05) is 13.7 Å². The fraction of sp³-hybridized carbons (Fsp3) is 0.270. The maximum Gasteiger partial charge on any atom is 0.410 e. The number of likely N-dealkylation sites (tertiary alicyclic amines) is 1. The third kappa shape index (κ3) is 8.88. The normalized spacial score (nSPS) is 14.6. The van der Waals surface area contributed by atoms with Gasteiger partial charge in [0.1, 0.15) is 31.9 Å². The number of hydrogen-bond acceptors (Lipinski definition) is 7.